The van der Waals surface area contributed by atoms with Gasteiger partial charge in [0.25, 0.3) is 10.0 Å². The van der Waals surface area contributed by atoms with Gasteiger partial charge in [-0.25, -0.2) is 13.4 Å². The first-order valence-corrected chi connectivity index (χ1v) is 13.5. The van der Waals surface area contributed by atoms with Crippen LogP contribution < -0.4 is 15.4 Å². The van der Waals surface area contributed by atoms with Gasteiger partial charge in [-0.2, -0.15) is 9.97 Å². The van der Waals surface area contributed by atoms with E-state index in [9.17, 15) is 13.5 Å². The molecule has 4 N–H and O–H groups in total. The molecule has 0 unspecified atom stereocenters. The summed E-state index contributed by atoms with van der Waals surface area (Å²) in [6.45, 7) is 2.75. The van der Waals surface area contributed by atoms with Crippen molar-refractivity contribution in [3.8, 4) is 0 Å². The van der Waals surface area contributed by atoms with Crippen molar-refractivity contribution < 1.29 is 13.5 Å². The first kappa shape index (κ1) is 24.0. The lowest BCUT2D eigenvalue weighted by atomic mass is 9.93. The van der Waals surface area contributed by atoms with Crippen LogP contribution in [0.15, 0.2) is 65.8 Å². The molecule has 1 aliphatic rings. The van der Waals surface area contributed by atoms with Crippen molar-refractivity contribution in [1.29, 1.82) is 0 Å². The minimum absolute atomic E-state index is 0.202. The fraction of sp³-hybridized carbons (Fsp3) is 0.320. The number of imidazole rings is 1. The molecule has 0 saturated heterocycles. The van der Waals surface area contributed by atoms with E-state index in [2.05, 4.69) is 20.3 Å². The summed E-state index contributed by atoms with van der Waals surface area (Å²) in [5.41, 5.74) is 2.56. The summed E-state index contributed by atoms with van der Waals surface area (Å²) < 4.78 is 29.8. The molecule has 4 aromatic rings. The number of anilines is 4. The smallest absolute Gasteiger partial charge is 0.261 e. The van der Waals surface area contributed by atoms with Crippen LogP contribution in [0.1, 0.15) is 32.6 Å². The Hall–Kier alpha value is -3.70. The Bertz CT molecular complexity index is 1430. The van der Waals surface area contributed by atoms with Crippen LogP contribution in [-0.2, 0) is 16.6 Å². The van der Waals surface area contributed by atoms with E-state index in [0.29, 0.717) is 23.0 Å². The minimum atomic E-state index is -3.67. The van der Waals surface area contributed by atoms with Crippen molar-refractivity contribution in [3.63, 3.8) is 0 Å². The second-order valence-electron chi connectivity index (χ2n) is 8.87. The van der Waals surface area contributed by atoms with E-state index < -0.39 is 10.0 Å². The van der Waals surface area contributed by atoms with Crippen molar-refractivity contribution in [2.75, 3.05) is 15.4 Å². The number of sulfonamides is 1. The Kier molecular flexibility index (Phi) is 6.75. The topological polar surface area (TPSA) is 134 Å². The van der Waals surface area contributed by atoms with E-state index in [1.54, 1.807) is 60.9 Å². The van der Waals surface area contributed by atoms with Crippen molar-refractivity contribution in [1.82, 2.24) is 19.5 Å². The molecule has 0 radical (unpaired) electrons. The Morgan fingerprint density at radius 3 is 2.36 bits per heavy atom. The summed E-state index contributed by atoms with van der Waals surface area (Å²) in [6, 6.07) is 15.4. The lowest BCUT2D eigenvalue weighted by molar-refractivity contribution is 0.126. The highest BCUT2D eigenvalue weighted by Crippen LogP contribution is 2.27. The van der Waals surface area contributed by atoms with E-state index in [1.165, 1.54) is 0 Å². The molecule has 5 rings (SSSR count). The highest BCUT2D eigenvalue weighted by molar-refractivity contribution is 7.92. The van der Waals surface area contributed by atoms with Crippen LogP contribution in [0.5, 0.6) is 0 Å². The molecule has 0 bridgehead atoms. The largest absolute Gasteiger partial charge is 0.393 e. The number of benzene rings is 2. The predicted molar refractivity (Wildman–Crippen MR) is 140 cm³/mol. The number of fused-ring (bicyclic) bond motifs is 1. The summed E-state index contributed by atoms with van der Waals surface area (Å²) in [5.74, 6) is 1.07. The monoisotopic (exact) mass is 507 g/mol. The Morgan fingerprint density at radius 2 is 1.67 bits per heavy atom. The number of nitrogens with zero attached hydrogens (tertiary/aromatic N) is 4. The van der Waals surface area contributed by atoms with E-state index in [1.807, 2.05) is 11.5 Å². The zero-order valence-corrected chi connectivity index (χ0v) is 20.7. The third-order valence-electron chi connectivity index (χ3n) is 6.29. The van der Waals surface area contributed by atoms with Crippen molar-refractivity contribution >= 4 is 44.3 Å². The average molecular weight is 508 g/mol. The van der Waals surface area contributed by atoms with Gasteiger partial charge < -0.3 is 20.3 Å². The molecule has 0 amide bonds. The van der Waals surface area contributed by atoms with Gasteiger partial charge in [-0.3, -0.25) is 4.72 Å². The molecule has 0 spiro atoms. The van der Waals surface area contributed by atoms with Gasteiger partial charge in [0.1, 0.15) is 0 Å². The summed E-state index contributed by atoms with van der Waals surface area (Å²) in [7, 11) is -3.67. The van der Waals surface area contributed by atoms with Crippen LogP contribution in [0.4, 0.5) is 23.1 Å². The van der Waals surface area contributed by atoms with Gasteiger partial charge in [0.2, 0.25) is 5.95 Å². The molecule has 2 heterocycles. The van der Waals surface area contributed by atoms with Crippen LogP contribution in [0, 0.1) is 0 Å². The van der Waals surface area contributed by atoms with Gasteiger partial charge in [0.05, 0.1) is 17.3 Å². The summed E-state index contributed by atoms with van der Waals surface area (Å²) in [6.07, 6.45) is 4.76. The molecule has 1 fully saturated rings. The molecule has 36 heavy (non-hydrogen) atoms. The average Bonchev–Trinajstić information content (AvgIpc) is 3.30. The van der Waals surface area contributed by atoms with Crippen LogP contribution >= 0.6 is 0 Å². The number of aryl methyl sites for hydroxylation is 1. The van der Waals surface area contributed by atoms with Gasteiger partial charge >= 0.3 is 0 Å². The van der Waals surface area contributed by atoms with Crippen LogP contribution in [0.2, 0.25) is 0 Å². The second-order valence-corrected chi connectivity index (χ2v) is 10.6. The normalized spacial score (nSPS) is 18.2. The number of aliphatic hydroxyl groups excluding tert-OH is 1. The third-order valence-corrected chi connectivity index (χ3v) is 7.69. The van der Waals surface area contributed by atoms with E-state index in [0.717, 1.165) is 43.6 Å². The van der Waals surface area contributed by atoms with Crippen molar-refractivity contribution in [3.05, 3.63) is 60.9 Å². The minimum Gasteiger partial charge on any atom is -0.393 e. The number of aliphatic hydroxyl groups is 1. The molecule has 2 aromatic heterocycles. The lowest BCUT2D eigenvalue weighted by Gasteiger charge is -2.26. The molecule has 1 aliphatic carbocycles. The molecular formula is C25H29N7O3S. The van der Waals surface area contributed by atoms with E-state index in [-0.39, 0.29) is 17.0 Å². The quantitative estimate of drug-likeness (QED) is 0.280. The number of nitrogens with one attached hydrogen (secondary N) is 3. The fourth-order valence-corrected chi connectivity index (χ4v) is 5.38. The predicted octanol–water partition coefficient (Wildman–Crippen LogP) is 4.11. The van der Waals surface area contributed by atoms with E-state index >= 15 is 0 Å². The third kappa shape index (κ3) is 5.26. The van der Waals surface area contributed by atoms with Crippen LogP contribution in [-0.4, -0.2) is 45.2 Å². The molecule has 0 aliphatic heterocycles. The van der Waals surface area contributed by atoms with Gasteiger partial charge in [-0.1, -0.05) is 18.2 Å². The molecular weight excluding hydrogens is 478 g/mol. The first-order valence-electron chi connectivity index (χ1n) is 12.0. The van der Waals surface area contributed by atoms with Crippen LogP contribution in [0.3, 0.4) is 0 Å². The SMILES string of the molecule is CCn1cnc2c(Nc3ccc(NS(=O)(=O)c4ccccc4)cc3)nc(NC3CCC(O)CC3)nc21. The van der Waals surface area contributed by atoms with Crippen LogP contribution in [0.25, 0.3) is 11.2 Å². The summed E-state index contributed by atoms with van der Waals surface area (Å²) in [4.78, 5) is 14.1. The number of hydrogen-bond acceptors (Lipinski definition) is 8. The first-order chi connectivity index (χ1) is 17.4. The van der Waals surface area contributed by atoms with Gasteiger partial charge in [-0.15, -0.1) is 0 Å². The highest BCUT2D eigenvalue weighted by Gasteiger charge is 2.21. The van der Waals surface area contributed by atoms with Gasteiger partial charge in [0.15, 0.2) is 17.0 Å². The molecule has 10 nitrogen and oxygen atoms in total. The summed E-state index contributed by atoms with van der Waals surface area (Å²) >= 11 is 0. The molecule has 11 heteroatoms. The number of aromatic nitrogens is 4. The zero-order valence-electron chi connectivity index (χ0n) is 19.9. The number of hydrogen-bond donors (Lipinski definition) is 4. The molecule has 188 valence electrons. The maximum absolute atomic E-state index is 12.6. The van der Waals surface area contributed by atoms with Gasteiger partial charge in [-0.05, 0) is 69.0 Å². The Balaban J connectivity index is 1.37. The van der Waals surface area contributed by atoms with E-state index in [4.69, 9.17) is 9.97 Å². The molecule has 1 saturated carbocycles. The maximum Gasteiger partial charge on any atom is 0.261 e. The van der Waals surface area contributed by atoms with Crippen molar-refractivity contribution in [2.24, 2.45) is 0 Å². The Morgan fingerprint density at radius 1 is 0.972 bits per heavy atom. The fourth-order valence-electron chi connectivity index (χ4n) is 4.30. The summed E-state index contributed by atoms with van der Waals surface area (Å²) in [5, 5.41) is 16.5. The zero-order chi connectivity index (χ0) is 25.1. The highest BCUT2D eigenvalue weighted by atomic mass is 32.2. The van der Waals surface area contributed by atoms with Gasteiger partial charge in [0, 0.05) is 24.0 Å². The molecule has 0 atom stereocenters. The molecule has 2 aromatic carbocycles. The van der Waals surface area contributed by atoms with Crippen molar-refractivity contribution in [2.45, 2.75) is 56.2 Å². The maximum atomic E-state index is 12.6. The lowest BCUT2D eigenvalue weighted by Crippen LogP contribution is -2.29. The Labute approximate surface area is 209 Å². The second kappa shape index (κ2) is 10.1. The standard InChI is InChI=1S/C25H29N7O3S/c1-2-32-16-26-22-23(29-25(30-24(22)32)28-18-12-14-20(33)15-13-18)27-17-8-10-19(11-9-17)31-36(34,35)21-6-4-3-5-7-21/h3-11,16,18,20,31,33H,2,12-15H2,1H3,(H2,27,28,29,30). The number of rotatable bonds is 8.